The summed E-state index contributed by atoms with van der Waals surface area (Å²) in [7, 11) is 1.83. The molecule has 1 saturated carbocycles. The van der Waals surface area contributed by atoms with Crippen LogP contribution in [0.15, 0.2) is 42.5 Å². The van der Waals surface area contributed by atoms with Crippen LogP contribution >= 0.6 is 0 Å². The fourth-order valence-corrected chi connectivity index (χ4v) is 4.93. The number of aromatic nitrogens is 4. The third-order valence-electron chi connectivity index (χ3n) is 6.84. The highest BCUT2D eigenvalue weighted by atomic mass is 16.2. The number of amides is 1. The first-order valence-electron chi connectivity index (χ1n) is 12.3. The highest BCUT2D eigenvalue weighted by molar-refractivity contribution is 5.94. The normalized spacial score (nSPS) is 17.1. The number of nitrogens with one attached hydrogen (secondary N) is 1. The van der Waals surface area contributed by atoms with Crippen LogP contribution in [0.5, 0.6) is 0 Å². The van der Waals surface area contributed by atoms with Crippen LogP contribution in [0, 0.1) is 6.92 Å². The Kier molecular flexibility index (Phi) is 6.47. The zero-order chi connectivity index (χ0) is 23.5. The Morgan fingerprint density at radius 1 is 0.971 bits per heavy atom. The first kappa shape index (κ1) is 22.4. The molecule has 8 heteroatoms. The van der Waals surface area contributed by atoms with Crippen LogP contribution in [0.3, 0.4) is 0 Å². The zero-order valence-corrected chi connectivity index (χ0v) is 20.1. The molecule has 1 aliphatic heterocycles. The van der Waals surface area contributed by atoms with Crippen LogP contribution in [0.1, 0.15) is 48.3 Å². The zero-order valence-electron chi connectivity index (χ0n) is 20.1. The van der Waals surface area contributed by atoms with Crippen LogP contribution < -0.4 is 10.2 Å². The lowest BCUT2D eigenvalue weighted by Crippen LogP contribution is -2.49. The molecule has 1 N–H and O–H groups in total. The van der Waals surface area contributed by atoms with Gasteiger partial charge in [0.2, 0.25) is 5.95 Å². The second kappa shape index (κ2) is 9.83. The van der Waals surface area contributed by atoms with E-state index in [-0.39, 0.29) is 5.91 Å². The van der Waals surface area contributed by atoms with Crippen molar-refractivity contribution in [2.45, 2.75) is 45.1 Å². The van der Waals surface area contributed by atoms with Gasteiger partial charge in [0.1, 0.15) is 11.5 Å². The number of carbonyl (C=O) groups is 1. The minimum absolute atomic E-state index is 0.0235. The molecule has 0 unspecified atom stereocenters. The molecule has 34 heavy (non-hydrogen) atoms. The fourth-order valence-electron chi connectivity index (χ4n) is 4.93. The summed E-state index contributed by atoms with van der Waals surface area (Å²) < 4.78 is 1.69. The standard InChI is InChI=1S/C26H33N7O/c1-19-17-24(29-26(27-19)28-21-11-7-4-8-12-21)32-13-15-33(16-14-32)25(34)23-18-22(30-31(23)2)20-9-5-3-6-10-20/h3,5-6,9-10,17-18,21H,4,7-8,11-16H2,1-2H3,(H,27,28,29). The highest BCUT2D eigenvalue weighted by Crippen LogP contribution is 2.23. The monoisotopic (exact) mass is 459 g/mol. The van der Waals surface area contributed by atoms with E-state index in [1.165, 1.54) is 32.1 Å². The number of rotatable bonds is 5. The summed E-state index contributed by atoms with van der Waals surface area (Å²) in [6, 6.07) is 14.4. The number of benzene rings is 1. The summed E-state index contributed by atoms with van der Waals surface area (Å²) >= 11 is 0. The molecule has 1 aliphatic carbocycles. The van der Waals surface area contributed by atoms with Gasteiger partial charge in [0, 0.05) is 56.6 Å². The van der Waals surface area contributed by atoms with Gasteiger partial charge < -0.3 is 15.1 Å². The summed E-state index contributed by atoms with van der Waals surface area (Å²) in [4.78, 5) is 26.9. The molecule has 2 aliphatic rings. The van der Waals surface area contributed by atoms with Crippen molar-refractivity contribution >= 4 is 17.7 Å². The van der Waals surface area contributed by atoms with Crippen molar-refractivity contribution in [3.05, 3.63) is 53.9 Å². The molecule has 178 valence electrons. The average Bonchev–Trinajstić information content (AvgIpc) is 3.26. The molecular formula is C26H33N7O. The van der Waals surface area contributed by atoms with Gasteiger partial charge in [-0.15, -0.1) is 0 Å². The van der Waals surface area contributed by atoms with Gasteiger partial charge in [0.05, 0.1) is 5.69 Å². The van der Waals surface area contributed by atoms with Crippen molar-refractivity contribution in [3.63, 3.8) is 0 Å². The molecule has 3 aromatic rings. The Balaban J connectivity index is 1.24. The third kappa shape index (κ3) is 4.90. The number of anilines is 2. The number of hydrogen-bond donors (Lipinski definition) is 1. The predicted octanol–water partition coefficient (Wildman–Crippen LogP) is 3.89. The average molecular weight is 460 g/mol. The Labute approximate surface area is 201 Å². The Bertz CT molecular complexity index is 1130. The van der Waals surface area contributed by atoms with E-state index in [9.17, 15) is 4.79 Å². The van der Waals surface area contributed by atoms with E-state index in [1.54, 1.807) is 4.68 Å². The number of piperazine rings is 1. The van der Waals surface area contributed by atoms with Crippen molar-refractivity contribution in [3.8, 4) is 11.3 Å². The molecule has 8 nitrogen and oxygen atoms in total. The molecule has 1 saturated heterocycles. The highest BCUT2D eigenvalue weighted by Gasteiger charge is 2.26. The predicted molar refractivity (Wildman–Crippen MR) is 134 cm³/mol. The van der Waals surface area contributed by atoms with Gasteiger partial charge in [-0.05, 0) is 25.8 Å². The summed E-state index contributed by atoms with van der Waals surface area (Å²) in [6.07, 6.45) is 6.25. The minimum Gasteiger partial charge on any atom is -0.353 e. The first-order chi connectivity index (χ1) is 16.6. The van der Waals surface area contributed by atoms with Crippen LogP contribution in [0.4, 0.5) is 11.8 Å². The largest absolute Gasteiger partial charge is 0.353 e. The molecule has 0 bridgehead atoms. The van der Waals surface area contributed by atoms with E-state index in [1.807, 2.05) is 61.3 Å². The lowest BCUT2D eigenvalue weighted by Gasteiger charge is -2.35. The van der Waals surface area contributed by atoms with Crippen molar-refractivity contribution in [1.29, 1.82) is 0 Å². The number of hydrogen-bond acceptors (Lipinski definition) is 6. The van der Waals surface area contributed by atoms with Gasteiger partial charge in [-0.3, -0.25) is 9.48 Å². The van der Waals surface area contributed by atoms with E-state index in [4.69, 9.17) is 4.98 Å². The number of carbonyl (C=O) groups excluding carboxylic acids is 1. The lowest BCUT2D eigenvalue weighted by molar-refractivity contribution is 0.0735. The van der Waals surface area contributed by atoms with Gasteiger partial charge in [0.25, 0.3) is 5.91 Å². The lowest BCUT2D eigenvalue weighted by atomic mass is 9.96. The van der Waals surface area contributed by atoms with Crippen LogP contribution in [-0.4, -0.2) is 62.8 Å². The fraction of sp³-hybridized carbons (Fsp3) is 0.462. The topological polar surface area (TPSA) is 79.2 Å². The van der Waals surface area contributed by atoms with E-state index in [2.05, 4.69) is 20.3 Å². The van der Waals surface area contributed by atoms with Gasteiger partial charge >= 0.3 is 0 Å². The van der Waals surface area contributed by atoms with E-state index >= 15 is 0 Å². The summed E-state index contributed by atoms with van der Waals surface area (Å²) in [5.41, 5.74) is 3.41. The maximum Gasteiger partial charge on any atom is 0.272 e. The second-order valence-electron chi connectivity index (χ2n) is 9.35. The molecular weight excluding hydrogens is 426 g/mol. The number of nitrogens with zero attached hydrogens (tertiary/aromatic N) is 6. The van der Waals surface area contributed by atoms with E-state index in [0.29, 0.717) is 24.8 Å². The molecule has 2 fully saturated rings. The molecule has 0 spiro atoms. The molecule has 1 aromatic carbocycles. The SMILES string of the molecule is Cc1cc(N2CCN(C(=O)c3cc(-c4ccccc4)nn3C)CC2)nc(NC2CCCCC2)n1. The molecule has 0 atom stereocenters. The minimum atomic E-state index is 0.0235. The van der Waals surface area contributed by atoms with Crippen LogP contribution in [-0.2, 0) is 7.05 Å². The summed E-state index contributed by atoms with van der Waals surface area (Å²) in [6.45, 7) is 4.81. The molecule has 1 amide bonds. The maximum atomic E-state index is 13.2. The molecule has 2 aromatic heterocycles. The van der Waals surface area contributed by atoms with E-state index in [0.717, 1.165) is 41.8 Å². The smallest absolute Gasteiger partial charge is 0.272 e. The molecule has 0 radical (unpaired) electrons. The quantitative estimate of drug-likeness (QED) is 0.624. The molecule has 3 heterocycles. The summed E-state index contributed by atoms with van der Waals surface area (Å²) in [5, 5.41) is 8.11. The van der Waals surface area contributed by atoms with Gasteiger partial charge in [-0.1, -0.05) is 49.6 Å². The summed E-state index contributed by atoms with van der Waals surface area (Å²) in [5.74, 6) is 1.68. The third-order valence-corrected chi connectivity index (χ3v) is 6.84. The van der Waals surface area contributed by atoms with Gasteiger partial charge in [0.15, 0.2) is 0 Å². The van der Waals surface area contributed by atoms with E-state index < -0.39 is 0 Å². The Morgan fingerprint density at radius 2 is 1.71 bits per heavy atom. The van der Waals surface area contributed by atoms with Crippen molar-refractivity contribution < 1.29 is 4.79 Å². The first-order valence-corrected chi connectivity index (χ1v) is 12.3. The van der Waals surface area contributed by atoms with Crippen LogP contribution in [0.2, 0.25) is 0 Å². The van der Waals surface area contributed by atoms with Crippen molar-refractivity contribution in [2.75, 3.05) is 36.4 Å². The molecule has 5 rings (SSSR count). The van der Waals surface area contributed by atoms with Gasteiger partial charge in [-0.2, -0.15) is 10.1 Å². The van der Waals surface area contributed by atoms with Crippen molar-refractivity contribution in [1.82, 2.24) is 24.6 Å². The van der Waals surface area contributed by atoms with Crippen LogP contribution in [0.25, 0.3) is 11.3 Å². The number of aryl methyl sites for hydroxylation is 2. The Hall–Kier alpha value is -3.42. The maximum absolute atomic E-state index is 13.2. The van der Waals surface area contributed by atoms with Crippen molar-refractivity contribution in [2.24, 2.45) is 7.05 Å². The second-order valence-corrected chi connectivity index (χ2v) is 9.35. The van der Waals surface area contributed by atoms with Gasteiger partial charge in [-0.25, -0.2) is 4.98 Å². The Morgan fingerprint density at radius 3 is 2.44 bits per heavy atom.